The maximum atomic E-state index is 12.8. The summed E-state index contributed by atoms with van der Waals surface area (Å²) in [5, 5.41) is 0. The molecular formula is C20H23N3O3S. The molecule has 0 aliphatic carbocycles. The molecule has 1 aliphatic rings. The zero-order valence-corrected chi connectivity index (χ0v) is 16.3. The number of oxazole rings is 1. The fourth-order valence-corrected chi connectivity index (χ4v) is 4.96. The fraction of sp³-hybridized carbons (Fsp3) is 0.350. The van der Waals surface area contributed by atoms with E-state index in [9.17, 15) is 8.42 Å². The van der Waals surface area contributed by atoms with Gasteiger partial charge in [0.05, 0.1) is 4.90 Å². The van der Waals surface area contributed by atoms with Gasteiger partial charge in [0.15, 0.2) is 5.58 Å². The molecule has 0 bridgehead atoms. The van der Waals surface area contributed by atoms with Gasteiger partial charge in [-0.2, -0.15) is 4.98 Å². The summed E-state index contributed by atoms with van der Waals surface area (Å²) in [4.78, 5) is 6.96. The number of nitrogens with zero attached hydrogens (tertiary/aromatic N) is 2. The topological polar surface area (TPSA) is 75.4 Å². The molecule has 7 heteroatoms. The summed E-state index contributed by atoms with van der Waals surface area (Å²) in [7, 11) is -3.56. The van der Waals surface area contributed by atoms with Gasteiger partial charge in [-0.15, -0.1) is 0 Å². The highest BCUT2D eigenvalue weighted by Crippen LogP contribution is 2.28. The first-order chi connectivity index (χ1) is 12.9. The van der Waals surface area contributed by atoms with Crippen LogP contribution in [0.5, 0.6) is 0 Å². The third-order valence-electron chi connectivity index (χ3n) is 5.05. The second-order valence-corrected chi connectivity index (χ2v) is 8.81. The minimum atomic E-state index is -3.56. The van der Waals surface area contributed by atoms with Gasteiger partial charge in [0.1, 0.15) is 5.52 Å². The van der Waals surface area contributed by atoms with Gasteiger partial charge in [0.2, 0.25) is 10.0 Å². The molecular weight excluding hydrogens is 362 g/mol. The maximum absolute atomic E-state index is 12.8. The monoisotopic (exact) mass is 385 g/mol. The Hall–Kier alpha value is -2.38. The van der Waals surface area contributed by atoms with Crippen LogP contribution in [-0.4, -0.2) is 32.5 Å². The van der Waals surface area contributed by atoms with E-state index in [1.807, 2.05) is 50.2 Å². The van der Waals surface area contributed by atoms with Crippen LogP contribution in [0.1, 0.15) is 24.0 Å². The quantitative estimate of drug-likeness (QED) is 0.729. The van der Waals surface area contributed by atoms with Gasteiger partial charge >= 0.3 is 0 Å². The summed E-state index contributed by atoms with van der Waals surface area (Å²) in [5.74, 6) is 0. The number of anilines is 1. The Balaban J connectivity index is 1.52. The highest BCUT2D eigenvalue weighted by Gasteiger charge is 2.30. The van der Waals surface area contributed by atoms with Crippen molar-refractivity contribution in [1.82, 2.24) is 9.71 Å². The molecule has 1 saturated heterocycles. The van der Waals surface area contributed by atoms with E-state index in [2.05, 4.69) is 14.6 Å². The molecule has 0 saturated carbocycles. The number of benzene rings is 2. The summed E-state index contributed by atoms with van der Waals surface area (Å²) in [6, 6.07) is 13.7. The van der Waals surface area contributed by atoms with Crippen LogP contribution in [0, 0.1) is 13.8 Å². The highest BCUT2D eigenvalue weighted by atomic mass is 32.2. The van der Waals surface area contributed by atoms with Crippen LogP contribution in [0.25, 0.3) is 11.1 Å². The summed E-state index contributed by atoms with van der Waals surface area (Å²) >= 11 is 0. The van der Waals surface area contributed by atoms with E-state index < -0.39 is 10.0 Å². The SMILES string of the molecule is Cc1ccc(C)c(S(=O)(=O)NCC2CCCN2c2nc3ccccc3o2)c1. The molecule has 142 valence electrons. The lowest BCUT2D eigenvalue weighted by Crippen LogP contribution is -2.40. The molecule has 27 heavy (non-hydrogen) atoms. The van der Waals surface area contributed by atoms with Gasteiger partial charge in [-0.1, -0.05) is 24.3 Å². The average molecular weight is 385 g/mol. The predicted octanol–water partition coefficient (Wildman–Crippen LogP) is 3.39. The van der Waals surface area contributed by atoms with Crippen molar-refractivity contribution in [2.24, 2.45) is 0 Å². The normalized spacial score (nSPS) is 17.7. The number of para-hydroxylation sites is 2. The highest BCUT2D eigenvalue weighted by molar-refractivity contribution is 7.89. The van der Waals surface area contributed by atoms with Gasteiger partial charge < -0.3 is 9.32 Å². The van der Waals surface area contributed by atoms with E-state index in [-0.39, 0.29) is 6.04 Å². The average Bonchev–Trinajstić information content (AvgIpc) is 3.27. The Bertz CT molecular complexity index is 1040. The maximum Gasteiger partial charge on any atom is 0.298 e. The van der Waals surface area contributed by atoms with Crippen molar-refractivity contribution in [1.29, 1.82) is 0 Å². The summed E-state index contributed by atoms with van der Waals surface area (Å²) < 4.78 is 34.2. The third kappa shape index (κ3) is 3.57. The summed E-state index contributed by atoms with van der Waals surface area (Å²) in [5.41, 5.74) is 3.23. The van der Waals surface area contributed by atoms with Crippen molar-refractivity contribution < 1.29 is 12.8 Å². The first-order valence-corrected chi connectivity index (χ1v) is 10.6. The van der Waals surface area contributed by atoms with Crippen molar-refractivity contribution in [3.8, 4) is 0 Å². The molecule has 0 radical (unpaired) electrons. The van der Waals surface area contributed by atoms with Gasteiger partial charge in [-0.3, -0.25) is 0 Å². The molecule has 3 aromatic rings. The number of sulfonamides is 1. The lowest BCUT2D eigenvalue weighted by atomic mass is 10.2. The van der Waals surface area contributed by atoms with Gasteiger partial charge in [0, 0.05) is 19.1 Å². The molecule has 0 spiro atoms. The number of rotatable bonds is 5. The molecule has 2 heterocycles. The minimum Gasteiger partial charge on any atom is -0.423 e. The van der Waals surface area contributed by atoms with Crippen LogP contribution in [0.4, 0.5) is 6.01 Å². The number of aryl methyl sites for hydroxylation is 2. The lowest BCUT2D eigenvalue weighted by Gasteiger charge is -2.23. The Morgan fingerprint density at radius 1 is 1.22 bits per heavy atom. The Morgan fingerprint density at radius 3 is 2.85 bits per heavy atom. The first kappa shape index (κ1) is 18.0. The van der Waals surface area contributed by atoms with Gasteiger partial charge in [-0.05, 0) is 56.0 Å². The standard InChI is InChI=1S/C20H23N3O3S/c1-14-9-10-15(2)19(12-14)27(24,25)21-13-16-6-5-11-23(16)20-22-17-7-3-4-8-18(17)26-20/h3-4,7-10,12,16,21H,5-6,11,13H2,1-2H3. The van der Waals surface area contributed by atoms with Crippen molar-refractivity contribution in [3.05, 3.63) is 53.6 Å². The van der Waals surface area contributed by atoms with Crippen molar-refractivity contribution in [2.75, 3.05) is 18.0 Å². The Morgan fingerprint density at radius 2 is 2.04 bits per heavy atom. The molecule has 6 nitrogen and oxygen atoms in total. The molecule has 1 fully saturated rings. The zero-order chi connectivity index (χ0) is 19.0. The largest absolute Gasteiger partial charge is 0.423 e. The van der Waals surface area contributed by atoms with Crippen LogP contribution >= 0.6 is 0 Å². The second kappa shape index (κ2) is 6.98. The van der Waals surface area contributed by atoms with E-state index in [0.29, 0.717) is 17.5 Å². The van der Waals surface area contributed by atoms with Crippen molar-refractivity contribution >= 4 is 27.1 Å². The lowest BCUT2D eigenvalue weighted by molar-refractivity contribution is 0.533. The number of nitrogens with one attached hydrogen (secondary N) is 1. The summed E-state index contributed by atoms with van der Waals surface area (Å²) in [6.07, 6.45) is 1.88. The predicted molar refractivity (Wildman–Crippen MR) is 105 cm³/mol. The molecule has 1 aromatic heterocycles. The number of hydrogen-bond acceptors (Lipinski definition) is 5. The van der Waals surface area contributed by atoms with E-state index >= 15 is 0 Å². The molecule has 0 amide bonds. The number of hydrogen-bond donors (Lipinski definition) is 1. The van der Waals surface area contributed by atoms with Crippen LogP contribution in [0.2, 0.25) is 0 Å². The van der Waals surface area contributed by atoms with Gasteiger partial charge in [0.25, 0.3) is 6.01 Å². The Kier molecular flexibility index (Phi) is 4.65. The molecule has 1 N–H and O–H groups in total. The first-order valence-electron chi connectivity index (χ1n) is 9.13. The molecule has 1 unspecified atom stereocenters. The van der Waals surface area contributed by atoms with E-state index in [0.717, 1.165) is 41.6 Å². The smallest absolute Gasteiger partial charge is 0.298 e. The van der Waals surface area contributed by atoms with Gasteiger partial charge in [-0.25, -0.2) is 13.1 Å². The van der Waals surface area contributed by atoms with E-state index in [1.54, 1.807) is 6.07 Å². The van der Waals surface area contributed by atoms with Crippen LogP contribution in [-0.2, 0) is 10.0 Å². The van der Waals surface area contributed by atoms with Crippen LogP contribution < -0.4 is 9.62 Å². The van der Waals surface area contributed by atoms with Crippen LogP contribution in [0.15, 0.2) is 51.8 Å². The molecule has 1 aliphatic heterocycles. The molecule has 1 atom stereocenters. The number of aromatic nitrogens is 1. The second-order valence-electron chi connectivity index (χ2n) is 7.07. The Labute approximate surface area is 159 Å². The van der Waals surface area contributed by atoms with Crippen molar-refractivity contribution in [2.45, 2.75) is 37.6 Å². The fourth-order valence-electron chi connectivity index (χ4n) is 3.56. The summed E-state index contributed by atoms with van der Waals surface area (Å²) in [6.45, 7) is 4.84. The third-order valence-corrected chi connectivity index (χ3v) is 6.61. The minimum absolute atomic E-state index is 0.0259. The van der Waals surface area contributed by atoms with E-state index in [4.69, 9.17) is 4.42 Å². The molecule has 4 rings (SSSR count). The number of fused-ring (bicyclic) bond motifs is 1. The van der Waals surface area contributed by atoms with Crippen molar-refractivity contribution in [3.63, 3.8) is 0 Å². The van der Waals surface area contributed by atoms with E-state index in [1.165, 1.54) is 0 Å². The zero-order valence-electron chi connectivity index (χ0n) is 15.5. The molecule has 2 aromatic carbocycles. The van der Waals surface area contributed by atoms with Crippen LogP contribution in [0.3, 0.4) is 0 Å².